The van der Waals surface area contributed by atoms with Crippen LogP contribution in [0.1, 0.15) is 64.4 Å². The summed E-state index contributed by atoms with van der Waals surface area (Å²) in [6.45, 7) is 4.97. The van der Waals surface area contributed by atoms with E-state index in [2.05, 4.69) is 24.5 Å². The lowest BCUT2D eigenvalue weighted by Crippen LogP contribution is -2.66. The van der Waals surface area contributed by atoms with Gasteiger partial charge in [0, 0.05) is 32.6 Å². The molecule has 1 aliphatic carbocycles. The van der Waals surface area contributed by atoms with E-state index in [0.717, 1.165) is 31.2 Å². The number of urea groups is 1. The van der Waals surface area contributed by atoms with Gasteiger partial charge in [-0.05, 0) is 30.7 Å². The van der Waals surface area contributed by atoms with Crippen LogP contribution in [0.25, 0.3) is 0 Å². The monoisotopic (exact) mass is 442 g/mol. The Bertz CT molecular complexity index is 777. The Morgan fingerprint density at radius 1 is 1.09 bits per heavy atom. The predicted molar refractivity (Wildman–Crippen MR) is 125 cm³/mol. The molecule has 2 atom stereocenters. The number of carbonyl (C=O) groups excluding carboxylic acids is 3. The van der Waals surface area contributed by atoms with Crippen LogP contribution in [0.5, 0.6) is 0 Å². The highest BCUT2D eigenvalue weighted by molar-refractivity contribution is 5.89. The van der Waals surface area contributed by atoms with Gasteiger partial charge in [0.05, 0.1) is 6.04 Å². The average molecular weight is 443 g/mol. The van der Waals surface area contributed by atoms with E-state index in [1.54, 1.807) is 11.9 Å². The lowest BCUT2D eigenvalue weighted by atomic mass is 9.94. The van der Waals surface area contributed by atoms with Crippen molar-refractivity contribution in [2.45, 2.75) is 83.5 Å². The molecule has 0 spiro atoms. The lowest BCUT2D eigenvalue weighted by molar-refractivity contribution is -0.145. The summed E-state index contributed by atoms with van der Waals surface area (Å²) in [6.07, 6.45) is 6.15. The van der Waals surface area contributed by atoms with E-state index in [9.17, 15) is 14.4 Å². The molecule has 32 heavy (non-hydrogen) atoms. The summed E-state index contributed by atoms with van der Waals surface area (Å²) in [5.41, 5.74) is 1.04. The molecule has 0 unspecified atom stereocenters. The molecule has 1 heterocycles. The Morgan fingerprint density at radius 2 is 1.78 bits per heavy atom. The summed E-state index contributed by atoms with van der Waals surface area (Å²) in [5.74, 6) is 0.0866. The molecule has 1 saturated heterocycles. The van der Waals surface area contributed by atoms with Gasteiger partial charge >= 0.3 is 6.03 Å². The first-order chi connectivity index (χ1) is 15.4. The number of rotatable bonds is 7. The van der Waals surface area contributed by atoms with Gasteiger partial charge in [0.15, 0.2) is 0 Å². The third kappa shape index (κ3) is 6.24. The molecule has 1 aromatic carbocycles. The largest absolute Gasteiger partial charge is 0.359 e. The number of nitrogens with one attached hydrogen (secondary N) is 2. The summed E-state index contributed by atoms with van der Waals surface area (Å²) in [4.78, 5) is 42.9. The van der Waals surface area contributed by atoms with Crippen LogP contribution in [-0.2, 0) is 16.1 Å². The Labute approximate surface area is 191 Å². The van der Waals surface area contributed by atoms with Crippen LogP contribution in [0.4, 0.5) is 4.79 Å². The molecule has 3 rings (SSSR count). The highest BCUT2D eigenvalue weighted by Crippen LogP contribution is 2.27. The second-order valence-corrected chi connectivity index (χ2v) is 9.57. The van der Waals surface area contributed by atoms with E-state index in [1.807, 2.05) is 35.2 Å². The van der Waals surface area contributed by atoms with Gasteiger partial charge in [-0.1, -0.05) is 63.4 Å². The molecule has 1 aromatic rings. The van der Waals surface area contributed by atoms with Crippen molar-refractivity contribution in [1.29, 1.82) is 0 Å². The molecule has 7 heteroatoms. The molecule has 1 aliphatic heterocycles. The number of nitrogens with zero attached hydrogens (tertiary/aromatic N) is 2. The highest BCUT2D eigenvalue weighted by atomic mass is 16.2. The van der Waals surface area contributed by atoms with Gasteiger partial charge in [0.25, 0.3) is 0 Å². The minimum Gasteiger partial charge on any atom is -0.359 e. The third-order valence-corrected chi connectivity index (χ3v) is 6.54. The van der Waals surface area contributed by atoms with Gasteiger partial charge in [-0.3, -0.25) is 9.59 Å². The second-order valence-electron chi connectivity index (χ2n) is 9.57. The maximum absolute atomic E-state index is 13.6. The van der Waals surface area contributed by atoms with E-state index >= 15 is 0 Å². The Kier molecular flexibility index (Phi) is 8.53. The van der Waals surface area contributed by atoms with Gasteiger partial charge < -0.3 is 20.4 Å². The maximum Gasteiger partial charge on any atom is 0.318 e. The highest BCUT2D eigenvalue weighted by Gasteiger charge is 2.44. The Hall–Kier alpha value is -2.57. The lowest BCUT2D eigenvalue weighted by Gasteiger charge is -2.47. The number of hydrogen-bond donors (Lipinski definition) is 2. The zero-order valence-corrected chi connectivity index (χ0v) is 19.7. The molecule has 1 saturated carbocycles. The van der Waals surface area contributed by atoms with Crippen molar-refractivity contribution in [2.75, 3.05) is 13.6 Å². The minimum atomic E-state index is -0.564. The van der Waals surface area contributed by atoms with Crippen molar-refractivity contribution in [3.05, 3.63) is 35.9 Å². The van der Waals surface area contributed by atoms with Crippen molar-refractivity contribution < 1.29 is 14.4 Å². The minimum absolute atomic E-state index is 0.0329. The smallest absolute Gasteiger partial charge is 0.318 e. The third-order valence-electron chi connectivity index (χ3n) is 6.54. The van der Waals surface area contributed by atoms with Crippen molar-refractivity contribution in [3.63, 3.8) is 0 Å². The molecular weight excluding hydrogens is 404 g/mol. The van der Waals surface area contributed by atoms with E-state index in [0.29, 0.717) is 19.5 Å². The van der Waals surface area contributed by atoms with E-state index in [1.165, 1.54) is 6.42 Å². The quantitative estimate of drug-likeness (QED) is 0.680. The van der Waals surface area contributed by atoms with Gasteiger partial charge in [-0.15, -0.1) is 0 Å². The molecule has 0 radical (unpaired) electrons. The van der Waals surface area contributed by atoms with Crippen molar-refractivity contribution in [1.82, 2.24) is 20.4 Å². The van der Waals surface area contributed by atoms with Crippen LogP contribution in [0.15, 0.2) is 30.3 Å². The van der Waals surface area contributed by atoms with Crippen LogP contribution in [-0.4, -0.2) is 59.4 Å². The average Bonchev–Trinajstić information content (AvgIpc) is 2.78. The molecule has 7 nitrogen and oxygen atoms in total. The Balaban J connectivity index is 1.86. The van der Waals surface area contributed by atoms with Crippen LogP contribution in [0.2, 0.25) is 0 Å². The van der Waals surface area contributed by atoms with Crippen LogP contribution < -0.4 is 10.6 Å². The number of piperazine rings is 1. The number of hydrogen-bond acceptors (Lipinski definition) is 3. The molecule has 2 fully saturated rings. The first kappa shape index (κ1) is 24.1. The van der Waals surface area contributed by atoms with Crippen LogP contribution in [0.3, 0.4) is 0 Å². The standard InChI is InChI=1S/C25H38N4O3/c1-18(2)14-22-24(31)28(16-19-10-6-4-7-11-19)17-21(15-23(30)26-3)29(22)25(32)27-20-12-8-5-9-13-20/h4,6-7,10-11,18,20-22H,5,8-9,12-17H2,1-3H3,(H,26,30)(H,27,32)/t21-,22+/m1/s1. The molecule has 0 bridgehead atoms. The molecule has 2 aliphatic rings. The van der Waals surface area contributed by atoms with E-state index < -0.39 is 6.04 Å². The normalized spacial score (nSPS) is 22.2. The topological polar surface area (TPSA) is 81.8 Å². The fraction of sp³-hybridized carbons (Fsp3) is 0.640. The molecular formula is C25H38N4O3. The van der Waals surface area contributed by atoms with E-state index in [4.69, 9.17) is 0 Å². The molecule has 176 valence electrons. The predicted octanol–water partition coefficient (Wildman–Crippen LogP) is 3.29. The summed E-state index contributed by atoms with van der Waals surface area (Å²) in [6, 6.07) is 8.89. The molecule has 0 aromatic heterocycles. The fourth-order valence-corrected chi connectivity index (χ4v) is 4.91. The first-order valence-corrected chi connectivity index (χ1v) is 12.0. The van der Waals surface area contributed by atoms with Gasteiger partial charge in [0.1, 0.15) is 6.04 Å². The zero-order chi connectivity index (χ0) is 23.1. The maximum atomic E-state index is 13.6. The number of benzene rings is 1. The summed E-state index contributed by atoms with van der Waals surface area (Å²) >= 11 is 0. The van der Waals surface area contributed by atoms with Gasteiger partial charge in [-0.25, -0.2) is 4.79 Å². The van der Waals surface area contributed by atoms with Gasteiger partial charge in [-0.2, -0.15) is 0 Å². The SMILES string of the molecule is CNC(=O)C[C@@H]1CN(Cc2ccccc2)C(=O)[C@H](CC(C)C)N1C(=O)NC1CCCCC1. The van der Waals surface area contributed by atoms with Crippen molar-refractivity contribution in [2.24, 2.45) is 5.92 Å². The first-order valence-electron chi connectivity index (χ1n) is 12.0. The van der Waals surface area contributed by atoms with Crippen molar-refractivity contribution >= 4 is 17.8 Å². The van der Waals surface area contributed by atoms with Crippen molar-refractivity contribution in [3.8, 4) is 0 Å². The van der Waals surface area contributed by atoms with Crippen LogP contribution in [0, 0.1) is 5.92 Å². The zero-order valence-electron chi connectivity index (χ0n) is 19.7. The summed E-state index contributed by atoms with van der Waals surface area (Å²) in [5, 5.41) is 5.87. The Morgan fingerprint density at radius 3 is 2.41 bits per heavy atom. The van der Waals surface area contributed by atoms with Crippen LogP contribution >= 0.6 is 0 Å². The summed E-state index contributed by atoms with van der Waals surface area (Å²) in [7, 11) is 1.61. The van der Waals surface area contributed by atoms with Gasteiger partial charge in [0.2, 0.25) is 11.8 Å². The number of carbonyl (C=O) groups is 3. The molecule has 4 amide bonds. The fourth-order valence-electron chi connectivity index (χ4n) is 4.91. The number of amides is 4. The second kappa shape index (κ2) is 11.3. The summed E-state index contributed by atoms with van der Waals surface area (Å²) < 4.78 is 0. The van der Waals surface area contributed by atoms with E-state index in [-0.39, 0.29) is 42.3 Å². The molecule has 2 N–H and O–H groups in total.